The first kappa shape index (κ1) is 15.0. The van der Waals surface area contributed by atoms with Gasteiger partial charge in [0, 0.05) is 30.5 Å². The van der Waals surface area contributed by atoms with Gasteiger partial charge in [0.1, 0.15) is 0 Å². The summed E-state index contributed by atoms with van der Waals surface area (Å²) in [5, 5.41) is 2.93. The zero-order chi connectivity index (χ0) is 15.0. The van der Waals surface area contributed by atoms with Gasteiger partial charge in [0.25, 0.3) is 5.56 Å². The fourth-order valence-electron chi connectivity index (χ4n) is 2.03. The molecule has 20 heavy (non-hydrogen) atoms. The Morgan fingerprint density at radius 1 is 1.45 bits per heavy atom. The number of rotatable bonds is 6. The highest BCUT2D eigenvalue weighted by Crippen LogP contribution is 2.33. The van der Waals surface area contributed by atoms with Crippen molar-refractivity contribution in [1.29, 1.82) is 0 Å². The molecule has 0 bridgehead atoms. The molecule has 1 fully saturated rings. The van der Waals surface area contributed by atoms with Crippen molar-refractivity contribution in [2.45, 2.75) is 38.3 Å². The second-order valence-electron chi connectivity index (χ2n) is 5.83. The molecule has 7 nitrogen and oxygen atoms in total. The van der Waals surface area contributed by atoms with Crippen LogP contribution >= 0.6 is 0 Å². The Kier molecular flexibility index (Phi) is 3.88. The molecule has 0 aliphatic heterocycles. The smallest absolute Gasteiger partial charge is 0.293 e. The van der Waals surface area contributed by atoms with Crippen molar-refractivity contribution < 1.29 is 8.42 Å². The average molecular weight is 300 g/mol. The van der Waals surface area contributed by atoms with Crippen molar-refractivity contribution in [1.82, 2.24) is 14.3 Å². The number of anilines is 1. The van der Waals surface area contributed by atoms with E-state index in [9.17, 15) is 13.2 Å². The van der Waals surface area contributed by atoms with E-state index < -0.39 is 15.6 Å². The predicted octanol–water partition coefficient (Wildman–Crippen LogP) is 0.318. The van der Waals surface area contributed by atoms with Crippen LogP contribution in [0.3, 0.4) is 0 Å². The molecule has 1 saturated carbocycles. The van der Waals surface area contributed by atoms with E-state index in [0.717, 1.165) is 19.1 Å². The van der Waals surface area contributed by atoms with Crippen molar-refractivity contribution in [3.63, 3.8) is 0 Å². The number of hydrogen-bond donors (Lipinski definition) is 2. The highest BCUT2D eigenvalue weighted by Gasteiger charge is 2.26. The summed E-state index contributed by atoms with van der Waals surface area (Å²) in [6, 6.07) is 0.285. The van der Waals surface area contributed by atoms with Crippen LogP contribution in [0.1, 0.15) is 32.7 Å². The molecule has 2 rings (SSSR count). The Labute approximate surface area is 118 Å². The lowest BCUT2D eigenvalue weighted by Crippen LogP contribution is -2.48. The van der Waals surface area contributed by atoms with Crippen LogP contribution in [-0.4, -0.2) is 36.3 Å². The molecule has 0 amide bonds. The molecule has 1 aliphatic rings. The van der Waals surface area contributed by atoms with Gasteiger partial charge in [0.05, 0.1) is 6.26 Å². The van der Waals surface area contributed by atoms with Gasteiger partial charge in [-0.05, 0) is 26.7 Å². The molecule has 0 saturated heterocycles. The van der Waals surface area contributed by atoms with Crippen molar-refractivity contribution in [3.8, 4) is 0 Å². The summed E-state index contributed by atoms with van der Waals surface area (Å²) in [5.74, 6) is 0.253. The second kappa shape index (κ2) is 5.17. The number of sulfonamides is 1. The third kappa shape index (κ3) is 4.04. The first-order valence-corrected chi connectivity index (χ1v) is 8.37. The van der Waals surface area contributed by atoms with Gasteiger partial charge >= 0.3 is 0 Å². The largest absolute Gasteiger partial charge is 0.364 e. The van der Waals surface area contributed by atoms with Gasteiger partial charge in [0.2, 0.25) is 10.0 Å². The van der Waals surface area contributed by atoms with E-state index in [0.29, 0.717) is 0 Å². The summed E-state index contributed by atoms with van der Waals surface area (Å²) in [4.78, 5) is 16.2. The zero-order valence-electron chi connectivity index (χ0n) is 11.9. The third-order valence-electron chi connectivity index (χ3n) is 2.97. The first-order valence-electron chi connectivity index (χ1n) is 6.48. The number of nitrogens with zero attached hydrogens (tertiary/aromatic N) is 2. The zero-order valence-corrected chi connectivity index (χ0v) is 12.7. The number of hydrogen-bond acceptors (Lipinski definition) is 5. The minimum Gasteiger partial charge on any atom is -0.364 e. The van der Waals surface area contributed by atoms with E-state index >= 15 is 0 Å². The topological polar surface area (TPSA) is 93.1 Å². The summed E-state index contributed by atoms with van der Waals surface area (Å²) in [5.41, 5.74) is -0.868. The SMILES string of the molecule is CC(C)(CNc1nccn(C2CC2)c1=O)NS(C)(=O)=O. The van der Waals surface area contributed by atoms with Gasteiger partial charge in [-0.15, -0.1) is 0 Å². The molecule has 2 N–H and O–H groups in total. The van der Waals surface area contributed by atoms with Crippen LogP contribution in [0.5, 0.6) is 0 Å². The van der Waals surface area contributed by atoms with Crippen LogP contribution in [0, 0.1) is 0 Å². The molecule has 0 radical (unpaired) electrons. The van der Waals surface area contributed by atoms with E-state index in [-0.39, 0.29) is 24.0 Å². The molecule has 0 unspecified atom stereocenters. The maximum Gasteiger partial charge on any atom is 0.293 e. The van der Waals surface area contributed by atoms with Gasteiger partial charge in [0.15, 0.2) is 5.82 Å². The molecule has 1 aromatic heterocycles. The lowest BCUT2D eigenvalue weighted by atomic mass is 10.1. The average Bonchev–Trinajstić information content (AvgIpc) is 3.08. The summed E-state index contributed by atoms with van der Waals surface area (Å²) >= 11 is 0. The molecule has 8 heteroatoms. The summed E-state index contributed by atoms with van der Waals surface area (Å²) in [6.07, 6.45) is 6.41. The molecule has 1 aromatic rings. The monoisotopic (exact) mass is 300 g/mol. The highest BCUT2D eigenvalue weighted by atomic mass is 32.2. The molecular weight excluding hydrogens is 280 g/mol. The van der Waals surface area contributed by atoms with E-state index in [1.54, 1.807) is 30.8 Å². The van der Waals surface area contributed by atoms with Crippen LogP contribution in [0.4, 0.5) is 5.82 Å². The fourth-order valence-corrected chi connectivity index (χ4v) is 3.10. The van der Waals surface area contributed by atoms with Gasteiger partial charge in [-0.2, -0.15) is 0 Å². The maximum absolute atomic E-state index is 12.2. The Morgan fingerprint density at radius 2 is 2.10 bits per heavy atom. The van der Waals surface area contributed by atoms with Crippen molar-refractivity contribution in [2.75, 3.05) is 18.1 Å². The minimum absolute atomic E-state index is 0.162. The first-order chi connectivity index (χ1) is 9.18. The van der Waals surface area contributed by atoms with Gasteiger partial charge in [-0.3, -0.25) is 4.79 Å². The lowest BCUT2D eigenvalue weighted by Gasteiger charge is -2.25. The van der Waals surface area contributed by atoms with Crippen LogP contribution in [0.25, 0.3) is 0 Å². The number of nitrogens with one attached hydrogen (secondary N) is 2. The van der Waals surface area contributed by atoms with Gasteiger partial charge in [-0.25, -0.2) is 18.1 Å². The normalized spacial score (nSPS) is 16.1. The minimum atomic E-state index is -3.30. The Hall–Kier alpha value is -1.41. The molecular formula is C12H20N4O3S. The van der Waals surface area contributed by atoms with Crippen LogP contribution in [-0.2, 0) is 10.0 Å². The Morgan fingerprint density at radius 3 is 2.65 bits per heavy atom. The maximum atomic E-state index is 12.2. The van der Waals surface area contributed by atoms with E-state index in [4.69, 9.17) is 0 Å². The number of aromatic nitrogens is 2. The third-order valence-corrected chi connectivity index (χ3v) is 3.89. The van der Waals surface area contributed by atoms with Crippen molar-refractivity contribution >= 4 is 15.8 Å². The fraction of sp³-hybridized carbons (Fsp3) is 0.667. The van der Waals surface area contributed by atoms with Gasteiger partial charge < -0.3 is 9.88 Å². The van der Waals surface area contributed by atoms with Crippen molar-refractivity contribution in [3.05, 3.63) is 22.7 Å². The van der Waals surface area contributed by atoms with E-state index in [1.807, 2.05) is 0 Å². The van der Waals surface area contributed by atoms with Gasteiger partial charge in [-0.1, -0.05) is 0 Å². The molecule has 112 valence electrons. The molecule has 0 atom stereocenters. The van der Waals surface area contributed by atoms with Crippen LogP contribution < -0.4 is 15.6 Å². The lowest BCUT2D eigenvalue weighted by molar-refractivity contribution is 0.475. The van der Waals surface area contributed by atoms with E-state index in [2.05, 4.69) is 15.0 Å². The molecule has 1 heterocycles. The standard InChI is InChI=1S/C12H20N4O3S/c1-12(2,15-20(3,18)19)8-14-10-11(17)16(7-6-13-10)9-4-5-9/h6-7,9,15H,4-5,8H2,1-3H3,(H,13,14). The second-order valence-corrected chi connectivity index (χ2v) is 7.58. The molecule has 0 spiro atoms. The molecule has 1 aliphatic carbocycles. The van der Waals surface area contributed by atoms with E-state index in [1.165, 1.54) is 0 Å². The summed E-state index contributed by atoms with van der Waals surface area (Å²) in [7, 11) is -3.30. The predicted molar refractivity (Wildman–Crippen MR) is 77.3 cm³/mol. The van der Waals surface area contributed by atoms with Crippen LogP contribution in [0.15, 0.2) is 17.2 Å². The quantitative estimate of drug-likeness (QED) is 0.789. The summed E-state index contributed by atoms with van der Waals surface area (Å²) < 4.78 is 26.7. The van der Waals surface area contributed by atoms with Crippen LogP contribution in [0.2, 0.25) is 0 Å². The highest BCUT2D eigenvalue weighted by molar-refractivity contribution is 7.88. The molecule has 0 aromatic carbocycles. The summed E-state index contributed by atoms with van der Waals surface area (Å²) in [6.45, 7) is 3.75. The Balaban J connectivity index is 2.07. The Bertz CT molecular complexity index is 647. The van der Waals surface area contributed by atoms with Crippen molar-refractivity contribution in [2.24, 2.45) is 0 Å².